The predicted octanol–water partition coefficient (Wildman–Crippen LogP) is 0.462. The fourth-order valence-electron chi connectivity index (χ4n) is 1.36. The average Bonchev–Trinajstić information content (AvgIpc) is 2.58. The zero-order valence-corrected chi connectivity index (χ0v) is 9.05. The van der Waals surface area contributed by atoms with Crippen molar-refractivity contribution in [2.24, 2.45) is 17.0 Å². The van der Waals surface area contributed by atoms with Crippen molar-refractivity contribution in [3.63, 3.8) is 0 Å². The van der Waals surface area contributed by atoms with E-state index < -0.39 is 0 Å². The lowest BCUT2D eigenvalue weighted by Crippen LogP contribution is -2.13. The molecule has 6 nitrogen and oxygen atoms in total. The zero-order chi connectivity index (χ0) is 10.8. The van der Waals surface area contributed by atoms with Gasteiger partial charge in [0.25, 0.3) is 0 Å². The second kappa shape index (κ2) is 3.72. The Morgan fingerprint density at radius 1 is 1.60 bits per heavy atom. The Balaban J connectivity index is 2.27. The third-order valence-electron chi connectivity index (χ3n) is 2.07. The highest BCUT2D eigenvalue weighted by Gasteiger charge is 2.20. The molecule has 0 fully saturated rings. The highest BCUT2D eigenvalue weighted by atomic mass is 15.2. The number of aryl methyl sites for hydroxylation is 1. The number of fused-ring (bicyclic) bond motifs is 1. The molecule has 1 aliphatic rings. The van der Waals surface area contributed by atoms with Gasteiger partial charge in [0.2, 0.25) is 0 Å². The van der Waals surface area contributed by atoms with Crippen molar-refractivity contribution >= 4 is 18.5 Å². The molecule has 1 aliphatic heterocycles. The molecule has 1 unspecified atom stereocenters. The minimum absolute atomic E-state index is 0.232. The Morgan fingerprint density at radius 3 is 3.13 bits per heavy atom. The standard InChI is InChI=1S/C9H14N6/c1-14(2)5-13-8-7-9(11-4-10-8)15(3)6-12-7/h4-6,8H,1-3H3,(H,10,11). The van der Waals surface area contributed by atoms with Crippen LogP contribution in [0.4, 0.5) is 5.82 Å². The molecular formula is C9H14N6. The number of hydrogen-bond acceptors (Lipinski definition) is 4. The van der Waals surface area contributed by atoms with Crippen LogP contribution in [0.25, 0.3) is 0 Å². The molecule has 2 rings (SSSR count). The van der Waals surface area contributed by atoms with E-state index in [1.807, 2.05) is 30.6 Å². The molecule has 80 valence electrons. The highest BCUT2D eigenvalue weighted by Crippen LogP contribution is 2.27. The number of anilines is 1. The molecule has 1 aromatic rings. The lowest BCUT2D eigenvalue weighted by molar-refractivity contribution is 0.625. The fraction of sp³-hybridized carbons (Fsp3) is 0.444. The van der Waals surface area contributed by atoms with Crippen LogP contribution in [0, 0.1) is 0 Å². The first-order chi connectivity index (χ1) is 7.18. The van der Waals surface area contributed by atoms with Crippen molar-refractivity contribution in [3.8, 4) is 0 Å². The molecule has 0 amide bonds. The Bertz CT molecular complexity index is 403. The normalized spacial score (nSPS) is 19.0. The summed E-state index contributed by atoms with van der Waals surface area (Å²) in [5.74, 6) is 0.950. The van der Waals surface area contributed by atoms with Crippen LogP contribution in [0.5, 0.6) is 0 Å². The molecule has 15 heavy (non-hydrogen) atoms. The largest absolute Gasteiger partial charge is 0.369 e. The van der Waals surface area contributed by atoms with Gasteiger partial charge in [-0.1, -0.05) is 0 Å². The van der Waals surface area contributed by atoms with E-state index in [1.54, 1.807) is 19.0 Å². The van der Waals surface area contributed by atoms with E-state index >= 15 is 0 Å². The van der Waals surface area contributed by atoms with Crippen molar-refractivity contribution in [3.05, 3.63) is 12.0 Å². The van der Waals surface area contributed by atoms with Gasteiger partial charge in [-0.2, -0.15) is 0 Å². The van der Waals surface area contributed by atoms with Crippen LogP contribution in [0.1, 0.15) is 11.9 Å². The summed E-state index contributed by atoms with van der Waals surface area (Å²) in [6, 6.07) is 0. The molecule has 6 heteroatoms. The number of rotatable bonds is 2. The first-order valence-electron chi connectivity index (χ1n) is 4.67. The van der Waals surface area contributed by atoms with E-state index in [0.717, 1.165) is 11.5 Å². The first kappa shape index (κ1) is 9.70. The number of hydrogen-bond donors (Lipinski definition) is 1. The van der Waals surface area contributed by atoms with Crippen LogP contribution in [-0.4, -0.2) is 41.2 Å². The third-order valence-corrected chi connectivity index (χ3v) is 2.07. The maximum atomic E-state index is 4.32. The summed E-state index contributed by atoms with van der Waals surface area (Å²) >= 11 is 0. The SMILES string of the molecule is CN(C)C=NC1N=CNc2c1ncn2C. The number of imidazole rings is 1. The fourth-order valence-corrected chi connectivity index (χ4v) is 1.36. The van der Waals surface area contributed by atoms with Crippen LogP contribution in [0.3, 0.4) is 0 Å². The summed E-state index contributed by atoms with van der Waals surface area (Å²) in [6.45, 7) is 0. The minimum atomic E-state index is -0.232. The van der Waals surface area contributed by atoms with Crippen LogP contribution in [0.15, 0.2) is 16.3 Å². The van der Waals surface area contributed by atoms with Gasteiger partial charge < -0.3 is 14.8 Å². The van der Waals surface area contributed by atoms with Gasteiger partial charge >= 0.3 is 0 Å². The van der Waals surface area contributed by atoms with Gasteiger partial charge in [-0.25, -0.2) is 15.0 Å². The Hall–Kier alpha value is -1.85. The van der Waals surface area contributed by atoms with E-state index in [2.05, 4.69) is 20.3 Å². The van der Waals surface area contributed by atoms with Gasteiger partial charge in [0.05, 0.1) is 19.0 Å². The van der Waals surface area contributed by atoms with Crippen LogP contribution < -0.4 is 5.32 Å². The van der Waals surface area contributed by atoms with E-state index in [4.69, 9.17) is 0 Å². The molecule has 0 saturated carbocycles. The van der Waals surface area contributed by atoms with Gasteiger partial charge in [-0.15, -0.1) is 0 Å². The number of aliphatic imine (C=N–C) groups is 2. The van der Waals surface area contributed by atoms with Crippen molar-refractivity contribution < 1.29 is 0 Å². The van der Waals surface area contributed by atoms with Crippen molar-refractivity contribution in [1.82, 2.24) is 14.5 Å². The predicted molar refractivity (Wildman–Crippen MR) is 60.2 cm³/mol. The van der Waals surface area contributed by atoms with Gasteiger partial charge in [-0.05, 0) is 0 Å². The maximum Gasteiger partial charge on any atom is 0.188 e. The van der Waals surface area contributed by atoms with Gasteiger partial charge in [-0.3, -0.25) is 0 Å². The van der Waals surface area contributed by atoms with Crippen molar-refractivity contribution in [2.45, 2.75) is 6.17 Å². The molecule has 1 atom stereocenters. The summed E-state index contributed by atoms with van der Waals surface area (Å²) in [6.07, 6.45) is 4.92. The molecule has 1 aromatic heterocycles. The third kappa shape index (κ3) is 1.83. The minimum Gasteiger partial charge on any atom is -0.369 e. The summed E-state index contributed by atoms with van der Waals surface area (Å²) in [5.41, 5.74) is 0.859. The lowest BCUT2D eigenvalue weighted by atomic mass is 10.3. The second-order valence-electron chi connectivity index (χ2n) is 3.61. The van der Waals surface area contributed by atoms with Crippen molar-refractivity contribution in [2.75, 3.05) is 19.4 Å². The smallest absolute Gasteiger partial charge is 0.188 e. The topological polar surface area (TPSA) is 57.8 Å². The van der Waals surface area contributed by atoms with E-state index in [1.165, 1.54) is 0 Å². The van der Waals surface area contributed by atoms with Crippen LogP contribution >= 0.6 is 0 Å². The molecule has 0 aromatic carbocycles. The Labute approximate surface area is 88.4 Å². The summed E-state index contributed by atoms with van der Waals surface area (Å²) in [7, 11) is 5.78. The van der Waals surface area contributed by atoms with E-state index in [-0.39, 0.29) is 6.17 Å². The first-order valence-corrected chi connectivity index (χ1v) is 4.67. The number of aromatic nitrogens is 2. The van der Waals surface area contributed by atoms with Gasteiger partial charge in [0.15, 0.2) is 6.17 Å². The molecule has 0 bridgehead atoms. The van der Waals surface area contributed by atoms with E-state index in [0.29, 0.717) is 0 Å². The molecule has 0 spiro atoms. The summed E-state index contributed by atoms with van der Waals surface area (Å²) in [5, 5.41) is 3.05. The van der Waals surface area contributed by atoms with Gasteiger partial charge in [0, 0.05) is 21.1 Å². The molecule has 0 radical (unpaired) electrons. The van der Waals surface area contributed by atoms with Crippen molar-refractivity contribution in [1.29, 1.82) is 0 Å². The summed E-state index contributed by atoms with van der Waals surface area (Å²) in [4.78, 5) is 14.7. The number of nitrogens with zero attached hydrogens (tertiary/aromatic N) is 5. The van der Waals surface area contributed by atoms with Crippen LogP contribution in [-0.2, 0) is 7.05 Å². The summed E-state index contributed by atoms with van der Waals surface area (Å²) < 4.78 is 1.92. The molecule has 0 aliphatic carbocycles. The highest BCUT2D eigenvalue weighted by molar-refractivity contribution is 5.78. The Morgan fingerprint density at radius 2 is 2.40 bits per heavy atom. The number of nitrogens with one attached hydrogen (secondary N) is 1. The van der Waals surface area contributed by atoms with E-state index in [9.17, 15) is 0 Å². The molecule has 0 saturated heterocycles. The second-order valence-corrected chi connectivity index (χ2v) is 3.61. The molecular weight excluding hydrogens is 192 g/mol. The zero-order valence-electron chi connectivity index (χ0n) is 9.05. The quantitative estimate of drug-likeness (QED) is 0.565. The maximum absolute atomic E-state index is 4.32. The van der Waals surface area contributed by atoms with Gasteiger partial charge in [0.1, 0.15) is 11.5 Å². The van der Waals surface area contributed by atoms with Crippen LogP contribution in [0.2, 0.25) is 0 Å². The molecule has 2 heterocycles. The lowest BCUT2D eigenvalue weighted by Gasteiger charge is -2.14. The molecule has 1 N–H and O–H groups in total. The Kier molecular flexibility index (Phi) is 2.40. The monoisotopic (exact) mass is 206 g/mol. The average molecular weight is 206 g/mol.